The van der Waals surface area contributed by atoms with Crippen LogP contribution < -0.4 is 11.1 Å². The van der Waals surface area contributed by atoms with E-state index >= 15 is 0 Å². The fraction of sp³-hybridized carbons (Fsp3) is 0.923. The van der Waals surface area contributed by atoms with Crippen LogP contribution in [0.15, 0.2) is 0 Å². The zero-order valence-electron chi connectivity index (χ0n) is 11.3. The van der Waals surface area contributed by atoms with E-state index in [-0.39, 0.29) is 11.6 Å². The molecule has 5 nitrogen and oxygen atoms in total. The molecule has 0 aromatic rings. The lowest BCUT2D eigenvalue weighted by Gasteiger charge is -2.40. The Balaban J connectivity index is 1.92. The SMILES string of the molecule is CC1CCCN(C(=O)NC2(CN)CCOCC2)C1. The van der Waals surface area contributed by atoms with Gasteiger partial charge < -0.3 is 20.7 Å². The molecular weight excluding hydrogens is 230 g/mol. The summed E-state index contributed by atoms with van der Waals surface area (Å²) in [6.07, 6.45) is 3.96. The molecule has 1 atom stereocenters. The van der Waals surface area contributed by atoms with Crippen LogP contribution in [0.3, 0.4) is 0 Å². The van der Waals surface area contributed by atoms with Gasteiger partial charge in [-0.25, -0.2) is 4.79 Å². The molecule has 2 amide bonds. The predicted molar refractivity (Wildman–Crippen MR) is 70.3 cm³/mol. The Kier molecular flexibility index (Phi) is 4.45. The fourth-order valence-electron chi connectivity index (χ4n) is 2.82. The number of nitrogens with two attached hydrogens (primary N) is 1. The van der Waals surface area contributed by atoms with Crippen LogP contribution in [-0.4, -0.2) is 49.3 Å². The summed E-state index contributed by atoms with van der Waals surface area (Å²) >= 11 is 0. The van der Waals surface area contributed by atoms with E-state index in [9.17, 15) is 4.79 Å². The van der Waals surface area contributed by atoms with Crippen LogP contribution in [0.1, 0.15) is 32.6 Å². The number of piperidine rings is 1. The largest absolute Gasteiger partial charge is 0.381 e. The van der Waals surface area contributed by atoms with Crippen LogP contribution >= 0.6 is 0 Å². The van der Waals surface area contributed by atoms with Gasteiger partial charge in [0.2, 0.25) is 0 Å². The van der Waals surface area contributed by atoms with Crippen molar-refractivity contribution in [2.45, 2.75) is 38.1 Å². The lowest BCUT2D eigenvalue weighted by atomic mass is 9.90. The van der Waals surface area contributed by atoms with E-state index in [2.05, 4.69) is 12.2 Å². The topological polar surface area (TPSA) is 67.6 Å². The van der Waals surface area contributed by atoms with E-state index in [1.54, 1.807) is 0 Å². The first kappa shape index (κ1) is 13.6. The number of nitrogens with zero attached hydrogens (tertiary/aromatic N) is 1. The molecule has 2 saturated heterocycles. The Morgan fingerprint density at radius 3 is 2.83 bits per heavy atom. The van der Waals surface area contributed by atoms with Gasteiger partial charge in [-0.15, -0.1) is 0 Å². The number of nitrogens with one attached hydrogen (secondary N) is 1. The van der Waals surface area contributed by atoms with E-state index < -0.39 is 0 Å². The maximum absolute atomic E-state index is 12.3. The number of carbonyl (C=O) groups excluding carboxylic acids is 1. The fourth-order valence-corrected chi connectivity index (χ4v) is 2.82. The van der Waals surface area contributed by atoms with Crippen molar-refractivity contribution in [1.29, 1.82) is 0 Å². The number of hydrogen-bond acceptors (Lipinski definition) is 3. The molecule has 0 aromatic heterocycles. The summed E-state index contributed by atoms with van der Waals surface area (Å²) in [5, 5.41) is 3.15. The van der Waals surface area contributed by atoms with Crippen LogP contribution in [0.4, 0.5) is 4.79 Å². The van der Waals surface area contributed by atoms with Crippen LogP contribution in [0.5, 0.6) is 0 Å². The number of urea groups is 1. The standard InChI is InChI=1S/C13H25N3O2/c1-11-3-2-6-16(9-11)12(17)15-13(10-14)4-7-18-8-5-13/h11H,2-10,14H2,1H3,(H,15,17). The number of amides is 2. The smallest absolute Gasteiger partial charge is 0.317 e. The summed E-state index contributed by atoms with van der Waals surface area (Å²) in [6.45, 7) is 5.80. The minimum Gasteiger partial charge on any atom is -0.381 e. The third-order valence-electron chi connectivity index (χ3n) is 4.16. The Morgan fingerprint density at radius 2 is 2.22 bits per heavy atom. The van der Waals surface area contributed by atoms with Gasteiger partial charge in [-0.05, 0) is 31.6 Å². The average molecular weight is 255 g/mol. The van der Waals surface area contributed by atoms with Gasteiger partial charge in [0.1, 0.15) is 0 Å². The quantitative estimate of drug-likeness (QED) is 0.771. The van der Waals surface area contributed by atoms with E-state index in [1.165, 1.54) is 6.42 Å². The minimum absolute atomic E-state index is 0.0499. The highest BCUT2D eigenvalue weighted by molar-refractivity contribution is 5.75. The molecule has 0 bridgehead atoms. The molecule has 0 radical (unpaired) electrons. The highest BCUT2D eigenvalue weighted by Crippen LogP contribution is 2.21. The predicted octanol–water partition coefficient (Wildman–Crippen LogP) is 0.936. The van der Waals surface area contributed by atoms with Gasteiger partial charge in [0, 0.05) is 32.8 Å². The monoisotopic (exact) mass is 255 g/mol. The maximum Gasteiger partial charge on any atom is 0.317 e. The van der Waals surface area contributed by atoms with Crippen molar-refractivity contribution in [3.8, 4) is 0 Å². The lowest BCUT2D eigenvalue weighted by Crippen LogP contribution is -2.60. The van der Waals surface area contributed by atoms with E-state index in [1.807, 2.05) is 4.90 Å². The molecule has 3 N–H and O–H groups in total. The molecule has 0 aliphatic carbocycles. The van der Waals surface area contributed by atoms with Crippen molar-refractivity contribution in [3.05, 3.63) is 0 Å². The summed E-state index contributed by atoms with van der Waals surface area (Å²) < 4.78 is 5.35. The van der Waals surface area contributed by atoms with Gasteiger partial charge in [0.05, 0.1) is 5.54 Å². The number of rotatable bonds is 2. The molecule has 0 saturated carbocycles. The van der Waals surface area contributed by atoms with E-state index in [0.717, 1.165) is 32.4 Å². The molecule has 1 unspecified atom stereocenters. The van der Waals surface area contributed by atoms with Gasteiger partial charge in [0.15, 0.2) is 0 Å². The Labute approximate surface area is 109 Å². The Hall–Kier alpha value is -0.810. The van der Waals surface area contributed by atoms with Crippen molar-refractivity contribution >= 4 is 6.03 Å². The molecule has 2 rings (SSSR count). The molecule has 18 heavy (non-hydrogen) atoms. The highest BCUT2D eigenvalue weighted by atomic mass is 16.5. The first-order valence-corrected chi connectivity index (χ1v) is 7.00. The first-order chi connectivity index (χ1) is 8.65. The van der Waals surface area contributed by atoms with Crippen molar-refractivity contribution < 1.29 is 9.53 Å². The number of likely N-dealkylation sites (tertiary alicyclic amines) is 1. The highest BCUT2D eigenvalue weighted by Gasteiger charge is 2.34. The van der Waals surface area contributed by atoms with Gasteiger partial charge in [-0.3, -0.25) is 0 Å². The van der Waals surface area contributed by atoms with Crippen molar-refractivity contribution in [2.24, 2.45) is 11.7 Å². The first-order valence-electron chi connectivity index (χ1n) is 7.00. The van der Waals surface area contributed by atoms with Crippen LogP contribution in [-0.2, 0) is 4.74 Å². The number of hydrogen-bond donors (Lipinski definition) is 2. The molecule has 0 aromatic carbocycles. The van der Waals surface area contributed by atoms with Crippen LogP contribution in [0.25, 0.3) is 0 Å². The average Bonchev–Trinajstić information content (AvgIpc) is 2.40. The summed E-state index contributed by atoms with van der Waals surface area (Å²) in [4.78, 5) is 14.2. The third kappa shape index (κ3) is 3.14. The van der Waals surface area contributed by atoms with Crippen molar-refractivity contribution in [1.82, 2.24) is 10.2 Å². The molecule has 2 fully saturated rings. The van der Waals surface area contributed by atoms with Crippen molar-refractivity contribution in [2.75, 3.05) is 32.8 Å². The summed E-state index contributed by atoms with van der Waals surface area (Å²) in [5.41, 5.74) is 5.60. The second-order valence-electron chi connectivity index (χ2n) is 5.72. The third-order valence-corrected chi connectivity index (χ3v) is 4.16. The van der Waals surface area contributed by atoms with Gasteiger partial charge in [0.25, 0.3) is 0 Å². The van der Waals surface area contributed by atoms with Crippen LogP contribution in [0, 0.1) is 5.92 Å². The molecule has 2 heterocycles. The molecule has 104 valence electrons. The molecule has 2 aliphatic heterocycles. The van der Waals surface area contributed by atoms with Crippen LogP contribution in [0.2, 0.25) is 0 Å². The zero-order valence-corrected chi connectivity index (χ0v) is 11.3. The maximum atomic E-state index is 12.3. The number of carbonyl (C=O) groups is 1. The van der Waals surface area contributed by atoms with Gasteiger partial charge >= 0.3 is 6.03 Å². The van der Waals surface area contributed by atoms with E-state index in [0.29, 0.717) is 25.7 Å². The Morgan fingerprint density at radius 1 is 1.50 bits per heavy atom. The Bertz CT molecular complexity index is 290. The molecule has 2 aliphatic rings. The van der Waals surface area contributed by atoms with E-state index in [4.69, 9.17) is 10.5 Å². The summed E-state index contributed by atoms with van der Waals surface area (Å²) in [5.74, 6) is 0.605. The van der Waals surface area contributed by atoms with Gasteiger partial charge in [-0.2, -0.15) is 0 Å². The summed E-state index contributed by atoms with van der Waals surface area (Å²) in [7, 11) is 0. The number of ether oxygens (including phenoxy) is 1. The second kappa shape index (κ2) is 5.89. The summed E-state index contributed by atoms with van der Waals surface area (Å²) in [6, 6.07) is 0.0499. The molecular formula is C13H25N3O2. The second-order valence-corrected chi connectivity index (χ2v) is 5.72. The van der Waals surface area contributed by atoms with Gasteiger partial charge in [-0.1, -0.05) is 6.92 Å². The lowest BCUT2D eigenvalue weighted by molar-refractivity contribution is 0.0421. The zero-order chi connectivity index (χ0) is 13.0. The van der Waals surface area contributed by atoms with Crippen molar-refractivity contribution in [3.63, 3.8) is 0 Å². The molecule has 5 heteroatoms. The molecule has 0 spiro atoms. The normalized spacial score (nSPS) is 27.9. The minimum atomic E-state index is -0.254.